The number of hydrogen-bond donors (Lipinski definition) is 0. The van der Waals surface area contributed by atoms with Crippen molar-refractivity contribution in [1.29, 1.82) is 0 Å². The lowest BCUT2D eigenvalue weighted by atomic mass is 9.91. The highest BCUT2D eigenvalue weighted by molar-refractivity contribution is 5.92. The van der Waals surface area contributed by atoms with E-state index in [1.54, 1.807) is 4.90 Å². The largest absolute Gasteiger partial charge is 0.446 e. The number of hydrogen-bond acceptors (Lipinski definition) is 5. The number of aromatic nitrogens is 1. The van der Waals surface area contributed by atoms with E-state index in [0.717, 1.165) is 68.0 Å². The summed E-state index contributed by atoms with van der Waals surface area (Å²) in [6.45, 7) is 3.97. The maximum absolute atomic E-state index is 13.8. The van der Waals surface area contributed by atoms with Crippen molar-refractivity contribution in [3.05, 3.63) is 65.5 Å². The topological polar surface area (TPSA) is 66.0 Å². The molecule has 0 radical (unpaired) electrons. The van der Waals surface area contributed by atoms with Crippen LogP contribution in [0.1, 0.15) is 48.9 Å². The van der Waals surface area contributed by atoms with Crippen LogP contribution in [0.4, 0.5) is 18.4 Å². The number of carbonyl (C=O) groups is 2. The Morgan fingerprint density at radius 3 is 2.63 bits per heavy atom. The van der Waals surface area contributed by atoms with Gasteiger partial charge in [-0.3, -0.25) is 4.98 Å². The monoisotopic (exact) mass is 484 g/mol. The minimum Gasteiger partial charge on any atom is -0.446 e. The summed E-state index contributed by atoms with van der Waals surface area (Å²) >= 11 is 0. The summed E-state index contributed by atoms with van der Waals surface area (Å²) in [5.41, 5.74) is 1.50. The molecule has 3 amide bonds. The Morgan fingerprint density at radius 1 is 1.06 bits per heavy atom. The Hall–Kier alpha value is -3.07. The number of urea groups is 1. The second kappa shape index (κ2) is 10.3. The molecule has 5 rings (SSSR count). The van der Waals surface area contributed by atoms with E-state index in [4.69, 9.17) is 4.74 Å². The van der Waals surface area contributed by atoms with E-state index in [-0.39, 0.29) is 6.61 Å². The molecule has 0 N–H and O–H groups in total. The molecule has 2 unspecified atom stereocenters. The molecule has 2 atom stereocenters. The fraction of sp³-hybridized carbons (Fsp3) is 0.500. The van der Waals surface area contributed by atoms with Gasteiger partial charge in [-0.15, -0.1) is 0 Å². The molecule has 3 aliphatic rings. The number of imide groups is 1. The maximum Gasteiger partial charge on any atom is 0.418 e. The summed E-state index contributed by atoms with van der Waals surface area (Å²) in [7, 11) is 0. The number of piperidine rings is 2. The van der Waals surface area contributed by atoms with Gasteiger partial charge in [0.25, 0.3) is 0 Å². The standard InChI is InChI=1S/C26H30F2N4O3/c27-21-7-6-20(14-22(21)28)24-17-35-26(34)32(24)25(33)31-11-3-4-18(16-31)15-30-12-8-19(9-13-30)23-5-1-2-10-29-23/h1-2,5-7,10,14,18-19,24H,3-4,8-9,11-13,15-17H2. The van der Waals surface area contributed by atoms with Gasteiger partial charge in [0.15, 0.2) is 11.6 Å². The molecule has 0 saturated carbocycles. The Morgan fingerprint density at radius 2 is 1.89 bits per heavy atom. The minimum atomic E-state index is -1.01. The summed E-state index contributed by atoms with van der Waals surface area (Å²) in [6, 6.07) is 8.30. The van der Waals surface area contributed by atoms with Crippen LogP contribution in [0.2, 0.25) is 0 Å². The van der Waals surface area contributed by atoms with Crippen LogP contribution >= 0.6 is 0 Å². The third-order valence-electron chi connectivity index (χ3n) is 7.41. The molecule has 1 aromatic carbocycles. The fourth-order valence-corrected chi connectivity index (χ4v) is 5.53. The molecule has 9 heteroatoms. The molecule has 4 heterocycles. The summed E-state index contributed by atoms with van der Waals surface area (Å²) in [6.07, 6.45) is 5.14. The van der Waals surface area contributed by atoms with Crippen molar-refractivity contribution in [1.82, 2.24) is 19.7 Å². The number of cyclic esters (lactones) is 1. The van der Waals surface area contributed by atoms with E-state index in [0.29, 0.717) is 30.5 Å². The zero-order valence-corrected chi connectivity index (χ0v) is 19.6. The molecule has 3 fully saturated rings. The molecule has 2 aromatic rings. The van der Waals surface area contributed by atoms with E-state index in [1.165, 1.54) is 6.07 Å². The SMILES string of the molecule is O=C1OCC(c2ccc(F)c(F)c2)N1C(=O)N1CCCC(CN2CCC(c3ccccn3)CC2)C1. The first-order valence-electron chi connectivity index (χ1n) is 12.3. The van der Waals surface area contributed by atoms with Crippen molar-refractivity contribution in [2.45, 2.75) is 37.6 Å². The Balaban J connectivity index is 1.19. The van der Waals surface area contributed by atoms with Gasteiger partial charge in [-0.05, 0) is 74.5 Å². The van der Waals surface area contributed by atoms with Crippen molar-refractivity contribution >= 4 is 12.1 Å². The van der Waals surface area contributed by atoms with E-state index in [2.05, 4.69) is 16.0 Å². The van der Waals surface area contributed by atoms with Crippen molar-refractivity contribution < 1.29 is 23.1 Å². The number of pyridine rings is 1. The van der Waals surface area contributed by atoms with E-state index >= 15 is 0 Å². The second-order valence-corrected chi connectivity index (χ2v) is 9.70. The summed E-state index contributed by atoms with van der Waals surface area (Å²) in [5, 5.41) is 0. The first kappa shape index (κ1) is 23.7. The van der Waals surface area contributed by atoms with Crippen LogP contribution in [0.3, 0.4) is 0 Å². The molecule has 0 spiro atoms. The lowest BCUT2D eigenvalue weighted by molar-refractivity contribution is 0.106. The summed E-state index contributed by atoms with van der Waals surface area (Å²) in [4.78, 5) is 35.5. The van der Waals surface area contributed by atoms with Gasteiger partial charge in [-0.1, -0.05) is 12.1 Å². The van der Waals surface area contributed by atoms with Crippen LogP contribution < -0.4 is 0 Å². The van der Waals surface area contributed by atoms with Crippen molar-refractivity contribution in [3.8, 4) is 0 Å². The zero-order valence-electron chi connectivity index (χ0n) is 19.6. The molecule has 0 aliphatic carbocycles. The lowest BCUT2D eigenvalue weighted by Crippen LogP contribution is -2.50. The quantitative estimate of drug-likeness (QED) is 0.636. The third-order valence-corrected chi connectivity index (χ3v) is 7.41. The van der Waals surface area contributed by atoms with Gasteiger partial charge < -0.3 is 14.5 Å². The Bertz CT molecular complexity index is 1060. The van der Waals surface area contributed by atoms with Crippen LogP contribution in [0, 0.1) is 17.6 Å². The molecule has 7 nitrogen and oxygen atoms in total. The number of nitrogens with zero attached hydrogens (tertiary/aromatic N) is 4. The Kier molecular flexibility index (Phi) is 6.95. The average Bonchev–Trinajstić information content (AvgIpc) is 3.27. The minimum absolute atomic E-state index is 0.0713. The number of benzene rings is 1. The smallest absolute Gasteiger partial charge is 0.418 e. The highest BCUT2D eigenvalue weighted by Crippen LogP contribution is 2.32. The van der Waals surface area contributed by atoms with Crippen molar-refractivity contribution in [2.24, 2.45) is 5.92 Å². The van der Waals surface area contributed by atoms with Crippen LogP contribution in [0.15, 0.2) is 42.6 Å². The van der Waals surface area contributed by atoms with Crippen LogP contribution in [0.5, 0.6) is 0 Å². The summed E-state index contributed by atoms with van der Waals surface area (Å²) < 4.78 is 32.3. The van der Waals surface area contributed by atoms with Gasteiger partial charge in [0, 0.05) is 37.4 Å². The molecule has 186 valence electrons. The molecule has 0 bridgehead atoms. The number of likely N-dealkylation sites (tertiary alicyclic amines) is 2. The first-order chi connectivity index (χ1) is 17.0. The van der Waals surface area contributed by atoms with Gasteiger partial charge >= 0.3 is 12.1 Å². The highest BCUT2D eigenvalue weighted by atomic mass is 19.2. The number of carbonyl (C=O) groups excluding carboxylic acids is 2. The third kappa shape index (κ3) is 5.15. The first-order valence-corrected chi connectivity index (χ1v) is 12.3. The second-order valence-electron chi connectivity index (χ2n) is 9.70. The van der Waals surface area contributed by atoms with Crippen molar-refractivity contribution in [2.75, 3.05) is 39.3 Å². The lowest BCUT2D eigenvalue weighted by Gasteiger charge is -2.39. The van der Waals surface area contributed by atoms with E-state index < -0.39 is 29.8 Å². The van der Waals surface area contributed by atoms with Crippen LogP contribution in [0.25, 0.3) is 0 Å². The van der Waals surface area contributed by atoms with E-state index in [1.807, 2.05) is 18.3 Å². The number of halogens is 2. The van der Waals surface area contributed by atoms with Crippen LogP contribution in [-0.4, -0.2) is 71.1 Å². The maximum atomic E-state index is 13.8. The molecule has 3 aliphatic heterocycles. The Labute approximate surface area is 203 Å². The van der Waals surface area contributed by atoms with Gasteiger partial charge in [0.1, 0.15) is 12.6 Å². The molecule has 1 aromatic heterocycles. The summed E-state index contributed by atoms with van der Waals surface area (Å²) in [5.74, 6) is -1.18. The van der Waals surface area contributed by atoms with E-state index in [9.17, 15) is 18.4 Å². The van der Waals surface area contributed by atoms with Gasteiger partial charge in [0.05, 0.1) is 0 Å². The van der Waals surface area contributed by atoms with Gasteiger partial charge in [0.2, 0.25) is 0 Å². The number of amides is 3. The number of rotatable bonds is 4. The molecular weight excluding hydrogens is 454 g/mol. The highest BCUT2D eigenvalue weighted by Gasteiger charge is 2.42. The predicted molar refractivity (Wildman–Crippen MR) is 125 cm³/mol. The number of ether oxygens (including phenoxy) is 1. The molecule has 35 heavy (non-hydrogen) atoms. The average molecular weight is 485 g/mol. The predicted octanol–water partition coefficient (Wildman–Crippen LogP) is 4.56. The normalized spacial score (nSPS) is 24.0. The molecule has 3 saturated heterocycles. The van der Waals surface area contributed by atoms with Gasteiger partial charge in [-0.2, -0.15) is 0 Å². The molecular formula is C26H30F2N4O3. The van der Waals surface area contributed by atoms with Crippen molar-refractivity contribution in [3.63, 3.8) is 0 Å². The fourth-order valence-electron chi connectivity index (χ4n) is 5.53. The van der Waals surface area contributed by atoms with Crippen LogP contribution in [-0.2, 0) is 4.74 Å². The van der Waals surface area contributed by atoms with Gasteiger partial charge in [-0.25, -0.2) is 23.3 Å². The zero-order chi connectivity index (χ0) is 24.4.